The van der Waals surface area contributed by atoms with Crippen LogP contribution in [0.25, 0.3) is 0 Å². The maximum atomic E-state index is 12.5. The summed E-state index contributed by atoms with van der Waals surface area (Å²) in [5.41, 5.74) is 1.24. The number of anilines is 1. The van der Waals surface area contributed by atoms with Crippen LogP contribution >= 0.6 is 0 Å². The molecule has 0 atom stereocenters. The molecule has 1 aromatic rings. The highest BCUT2D eigenvalue weighted by Crippen LogP contribution is 2.26. The third kappa shape index (κ3) is 3.38. The molecule has 1 amide bonds. The summed E-state index contributed by atoms with van der Waals surface area (Å²) in [4.78, 5) is 16.9. The van der Waals surface area contributed by atoms with Gasteiger partial charge in [-0.3, -0.25) is 4.79 Å². The van der Waals surface area contributed by atoms with Crippen LogP contribution in [0.1, 0.15) is 25.7 Å². The van der Waals surface area contributed by atoms with Gasteiger partial charge in [0.25, 0.3) is 0 Å². The fraction of sp³-hybridized carbons (Fsp3) is 0.588. The van der Waals surface area contributed by atoms with Crippen molar-refractivity contribution in [2.24, 2.45) is 5.92 Å². The topological polar surface area (TPSA) is 43.8 Å². The van der Waals surface area contributed by atoms with Gasteiger partial charge in [0, 0.05) is 37.8 Å². The quantitative estimate of drug-likeness (QED) is 0.904. The Labute approximate surface area is 126 Å². The Hall–Kier alpha value is -1.55. The lowest BCUT2D eigenvalue weighted by Gasteiger charge is -2.38. The molecule has 21 heavy (non-hydrogen) atoms. The zero-order valence-electron chi connectivity index (χ0n) is 12.4. The summed E-state index contributed by atoms with van der Waals surface area (Å²) < 4.78 is 0. The second kappa shape index (κ2) is 6.48. The van der Waals surface area contributed by atoms with Crippen LogP contribution in [0, 0.1) is 5.92 Å². The van der Waals surface area contributed by atoms with Gasteiger partial charge in [0.05, 0.1) is 6.10 Å². The number of nitrogens with zero attached hydrogens (tertiary/aromatic N) is 2. The Kier molecular flexibility index (Phi) is 4.44. The monoisotopic (exact) mass is 288 g/mol. The predicted octanol–water partition coefficient (Wildman–Crippen LogP) is 1.89. The number of benzene rings is 1. The van der Waals surface area contributed by atoms with Crippen LogP contribution in [-0.4, -0.2) is 48.2 Å². The fourth-order valence-electron chi connectivity index (χ4n) is 3.40. The third-order valence-corrected chi connectivity index (χ3v) is 4.76. The minimum atomic E-state index is -0.191. The first-order chi connectivity index (χ1) is 10.2. The maximum Gasteiger partial charge on any atom is 0.225 e. The van der Waals surface area contributed by atoms with Crippen LogP contribution in [0.4, 0.5) is 5.69 Å². The average Bonchev–Trinajstić information content (AvgIpc) is 2.56. The van der Waals surface area contributed by atoms with E-state index in [1.54, 1.807) is 0 Å². The molecule has 3 rings (SSSR count). The van der Waals surface area contributed by atoms with E-state index in [1.165, 1.54) is 5.69 Å². The van der Waals surface area contributed by atoms with E-state index in [2.05, 4.69) is 29.2 Å². The number of amides is 1. The Morgan fingerprint density at radius 1 is 0.952 bits per heavy atom. The van der Waals surface area contributed by atoms with E-state index in [0.717, 1.165) is 51.9 Å². The molecule has 0 bridgehead atoms. The lowest BCUT2D eigenvalue weighted by atomic mass is 9.86. The van der Waals surface area contributed by atoms with Crippen molar-refractivity contribution in [2.45, 2.75) is 31.8 Å². The van der Waals surface area contributed by atoms with Gasteiger partial charge in [-0.15, -0.1) is 0 Å². The van der Waals surface area contributed by atoms with Crippen molar-refractivity contribution in [1.29, 1.82) is 0 Å². The highest BCUT2D eigenvalue weighted by Gasteiger charge is 2.30. The summed E-state index contributed by atoms with van der Waals surface area (Å²) in [6.45, 7) is 3.44. The van der Waals surface area contributed by atoms with Gasteiger partial charge in [0.15, 0.2) is 0 Å². The molecule has 2 fully saturated rings. The van der Waals surface area contributed by atoms with Crippen LogP contribution in [0.3, 0.4) is 0 Å². The number of piperazine rings is 1. The number of hydrogen-bond donors (Lipinski definition) is 1. The van der Waals surface area contributed by atoms with Crippen LogP contribution in [-0.2, 0) is 4.79 Å². The summed E-state index contributed by atoms with van der Waals surface area (Å²) in [5.74, 6) is 0.436. The first-order valence-electron chi connectivity index (χ1n) is 8.01. The molecule has 2 aliphatic rings. The van der Waals surface area contributed by atoms with Crippen molar-refractivity contribution in [2.75, 3.05) is 31.1 Å². The lowest BCUT2D eigenvalue weighted by Crippen LogP contribution is -2.50. The van der Waals surface area contributed by atoms with Crippen molar-refractivity contribution >= 4 is 11.6 Å². The van der Waals surface area contributed by atoms with E-state index in [4.69, 9.17) is 0 Å². The van der Waals surface area contributed by atoms with Crippen LogP contribution in [0.2, 0.25) is 0 Å². The smallest absolute Gasteiger partial charge is 0.225 e. The number of aliphatic hydroxyl groups is 1. The number of para-hydroxylation sites is 1. The van der Waals surface area contributed by atoms with Crippen LogP contribution < -0.4 is 4.90 Å². The minimum Gasteiger partial charge on any atom is -0.393 e. The Bertz CT molecular complexity index is 461. The van der Waals surface area contributed by atoms with Gasteiger partial charge < -0.3 is 14.9 Å². The zero-order valence-corrected chi connectivity index (χ0v) is 12.4. The molecule has 114 valence electrons. The van der Waals surface area contributed by atoms with Gasteiger partial charge >= 0.3 is 0 Å². The summed E-state index contributed by atoms with van der Waals surface area (Å²) in [5, 5.41) is 9.55. The second-order valence-corrected chi connectivity index (χ2v) is 6.15. The molecule has 1 aliphatic heterocycles. The van der Waals surface area contributed by atoms with E-state index in [1.807, 2.05) is 11.0 Å². The number of carbonyl (C=O) groups is 1. The molecule has 1 N–H and O–H groups in total. The molecule has 4 heteroatoms. The first kappa shape index (κ1) is 14.4. The molecule has 0 radical (unpaired) electrons. The van der Waals surface area contributed by atoms with E-state index in [9.17, 15) is 9.90 Å². The normalized spacial score (nSPS) is 26.7. The van der Waals surface area contributed by atoms with E-state index in [0.29, 0.717) is 5.91 Å². The molecule has 0 unspecified atom stereocenters. The zero-order chi connectivity index (χ0) is 14.7. The Morgan fingerprint density at radius 3 is 2.19 bits per heavy atom. The Morgan fingerprint density at radius 2 is 1.57 bits per heavy atom. The number of hydrogen-bond acceptors (Lipinski definition) is 3. The molecule has 1 saturated heterocycles. The van der Waals surface area contributed by atoms with Crippen LogP contribution in [0.15, 0.2) is 30.3 Å². The van der Waals surface area contributed by atoms with Gasteiger partial charge in [0.1, 0.15) is 0 Å². The summed E-state index contributed by atoms with van der Waals surface area (Å²) >= 11 is 0. The van der Waals surface area contributed by atoms with E-state index < -0.39 is 0 Å². The van der Waals surface area contributed by atoms with Crippen molar-refractivity contribution in [3.8, 4) is 0 Å². The van der Waals surface area contributed by atoms with Gasteiger partial charge in [0.2, 0.25) is 5.91 Å². The lowest BCUT2D eigenvalue weighted by molar-refractivity contribution is -0.137. The number of rotatable bonds is 2. The first-order valence-corrected chi connectivity index (χ1v) is 8.01. The minimum absolute atomic E-state index is 0.136. The molecular formula is C17H24N2O2. The van der Waals surface area contributed by atoms with Gasteiger partial charge in [-0.05, 0) is 37.8 Å². The highest BCUT2D eigenvalue weighted by atomic mass is 16.3. The van der Waals surface area contributed by atoms with E-state index in [-0.39, 0.29) is 12.0 Å². The van der Waals surface area contributed by atoms with Gasteiger partial charge in [-0.1, -0.05) is 18.2 Å². The standard InChI is InChI=1S/C17H24N2O2/c20-16-8-6-14(7-9-16)17(21)19-12-10-18(11-13-19)15-4-2-1-3-5-15/h1-5,14,16,20H,6-13H2. The fourth-order valence-corrected chi connectivity index (χ4v) is 3.40. The van der Waals surface area contributed by atoms with Crippen molar-refractivity contribution in [3.63, 3.8) is 0 Å². The number of aliphatic hydroxyl groups excluding tert-OH is 1. The maximum absolute atomic E-state index is 12.5. The van der Waals surface area contributed by atoms with Crippen molar-refractivity contribution < 1.29 is 9.90 Å². The van der Waals surface area contributed by atoms with Crippen LogP contribution in [0.5, 0.6) is 0 Å². The van der Waals surface area contributed by atoms with E-state index >= 15 is 0 Å². The Balaban J connectivity index is 1.52. The second-order valence-electron chi connectivity index (χ2n) is 6.15. The largest absolute Gasteiger partial charge is 0.393 e. The number of carbonyl (C=O) groups excluding carboxylic acids is 1. The average molecular weight is 288 g/mol. The molecule has 1 aliphatic carbocycles. The molecule has 1 aromatic carbocycles. The molecule has 0 spiro atoms. The molecule has 1 saturated carbocycles. The van der Waals surface area contributed by atoms with Crippen molar-refractivity contribution in [3.05, 3.63) is 30.3 Å². The van der Waals surface area contributed by atoms with Gasteiger partial charge in [-0.2, -0.15) is 0 Å². The van der Waals surface area contributed by atoms with Crippen molar-refractivity contribution in [1.82, 2.24) is 4.90 Å². The molecule has 0 aromatic heterocycles. The van der Waals surface area contributed by atoms with Gasteiger partial charge in [-0.25, -0.2) is 0 Å². The highest BCUT2D eigenvalue weighted by molar-refractivity contribution is 5.79. The SMILES string of the molecule is O=C(C1CCC(O)CC1)N1CCN(c2ccccc2)CC1. The predicted molar refractivity (Wildman–Crippen MR) is 83.2 cm³/mol. The molecular weight excluding hydrogens is 264 g/mol. The summed E-state index contributed by atoms with van der Waals surface area (Å²) in [6.07, 6.45) is 3.06. The molecule has 1 heterocycles. The molecule has 4 nitrogen and oxygen atoms in total. The summed E-state index contributed by atoms with van der Waals surface area (Å²) in [6, 6.07) is 10.4. The third-order valence-electron chi connectivity index (χ3n) is 4.76. The summed E-state index contributed by atoms with van der Waals surface area (Å²) in [7, 11) is 0.